The van der Waals surface area contributed by atoms with E-state index in [1.807, 2.05) is 30.6 Å². The molecule has 0 bridgehead atoms. The van der Waals surface area contributed by atoms with Crippen LogP contribution in [0.3, 0.4) is 0 Å². The fraction of sp³-hybridized carbons (Fsp3) is 0.167. The van der Waals surface area contributed by atoms with E-state index in [2.05, 4.69) is 58.2 Å². The summed E-state index contributed by atoms with van der Waals surface area (Å²) in [4.78, 5) is 4.44. The van der Waals surface area contributed by atoms with E-state index in [-0.39, 0.29) is 0 Å². The van der Waals surface area contributed by atoms with Crippen molar-refractivity contribution in [1.29, 1.82) is 0 Å². The number of aryl methyl sites for hydroxylation is 1. The van der Waals surface area contributed by atoms with Crippen molar-refractivity contribution in [3.05, 3.63) is 72.6 Å². The maximum atomic E-state index is 4.44. The Morgan fingerprint density at radius 2 is 1.76 bits per heavy atom. The summed E-state index contributed by atoms with van der Waals surface area (Å²) in [5.41, 5.74) is 3.55. The minimum atomic E-state index is 0.838. The predicted molar refractivity (Wildman–Crippen MR) is 87.3 cm³/mol. The molecule has 3 aromatic rings. The molecule has 106 valence electrons. The van der Waals surface area contributed by atoms with Gasteiger partial charge in [0.15, 0.2) is 0 Å². The molecular formula is C18H19N3. The molecule has 0 aliphatic rings. The van der Waals surface area contributed by atoms with Gasteiger partial charge in [-0.1, -0.05) is 49.7 Å². The molecule has 0 aliphatic heterocycles. The Bertz CT molecular complexity index is 701. The van der Waals surface area contributed by atoms with Crippen molar-refractivity contribution in [1.82, 2.24) is 9.55 Å². The number of para-hydroxylation sites is 2. The highest BCUT2D eigenvalue weighted by Crippen LogP contribution is 2.23. The predicted octanol–water partition coefficient (Wildman–Crippen LogP) is 4.57. The van der Waals surface area contributed by atoms with Crippen molar-refractivity contribution in [3.8, 4) is 5.69 Å². The second-order valence-corrected chi connectivity index (χ2v) is 4.99. The first-order chi connectivity index (χ1) is 10.4. The Labute approximate surface area is 125 Å². The number of hydrogen-bond acceptors (Lipinski definition) is 2. The van der Waals surface area contributed by atoms with E-state index in [1.165, 1.54) is 5.56 Å². The van der Waals surface area contributed by atoms with Gasteiger partial charge in [-0.05, 0) is 30.2 Å². The standard InChI is InChI=1S/C18H19N3/c1-2-8-15-9-6-7-12-17(15)20-18-19-13-14-21(18)16-10-4-3-5-11-16/h3-7,9-14H,2,8H2,1H3,(H,19,20). The van der Waals surface area contributed by atoms with Gasteiger partial charge in [0.2, 0.25) is 5.95 Å². The largest absolute Gasteiger partial charge is 0.325 e. The van der Waals surface area contributed by atoms with Crippen LogP contribution >= 0.6 is 0 Å². The number of nitrogens with zero attached hydrogens (tertiary/aromatic N) is 2. The first-order valence-electron chi connectivity index (χ1n) is 7.32. The molecule has 0 aliphatic carbocycles. The van der Waals surface area contributed by atoms with E-state index in [0.29, 0.717) is 0 Å². The van der Waals surface area contributed by atoms with Crippen molar-refractivity contribution in [2.45, 2.75) is 19.8 Å². The molecule has 0 saturated carbocycles. The summed E-state index contributed by atoms with van der Waals surface area (Å²) in [6.07, 6.45) is 5.99. The second kappa shape index (κ2) is 6.27. The summed E-state index contributed by atoms with van der Waals surface area (Å²) in [5, 5.41) is 3.46. The summed E-state index contributed by atoms with van der Waals surface area (Å²) in [6.45, 7) is 2.20. The summed E-state index contributed by atoms with van der Waals surface area (Å²) in [5.74, 6) is 0.838. The highest BCUT2D eigenvalue weighted by molar-refractivity contribution is 5.60. The number of rotatable bonds is 5. The van der Waals surface area contributed by atoms with Gasteiger partial charge in [-0.3, -0.25) is 4.57 Å². The monoisotopic (exact) mass is 277 g/mol. The summed E-state index contributed by atoms with van der Waals surface area (Å²) in [6, 6.07) is 18.6. The smallest absolute Gasteiger partial charge is 0.212 e. The fourth-order valence-corrected chi connectivity index (χ4v) is 2.44. The summed E-state index contributed by atoms with van der Waals surface area (Å²) >= 11 is 0. The summed E-state index contributed by atoms with van der Waals surface area (Å²) < 4.78 is 2.06. The number of nitrogens with one attached hydrogen (secondary N) is 1. The van der Waals surface area contributed by atoms with Crippen LogP contribution < -0.4 is 5.32 Å². The zero-order valence-corrected chi connectivity index (χ0v) is 12.2. The normalized spacial score (nSPS) is 10.5. The van der Waals surface area contributed by atoms with Crippen molar-refractivity contribution in [2.24, 2.45) is 0 Å². The Balaban J connectivity index is 1.92. The topological polar surface area (TPSA) is 29.9 Å². The van der Waals surface area contributed by atoms with Crippen LogP contribution in [-0.2, 0) is 6.42 Å². The van der Waals surface area contributed by atoms with Gasteiger partial charge in [0.05, 0.1) is 0 Å². The number of aromatic nitrogens is 2. The maximum Gasteiger partial charge on any atom is 0.212 e. The van der Waals surface area contributed by atoms with Crippen molar-refractivity contribution in [2.75, 3.05) is 5.32 Å². The molecule has 0 unspecified atom stereocenters. The Kier molecular flexibility index (Phi) is 4.01. The number of anilines is 2. The van der Waals surface area contributed by atoms with E-state index in [0.717, 1.165) is 30.2 Å². The molecular weight excluding hydrogens is 258 g/mol. The molecule has 1 aromatic heterocycles. The molecule has 21 heavy (non-hydrogen) atoms. The first-order valence-corrected chi connectivity index (χ1v) is 7.32. The minimum Gasteiger partial charge on any atom is -0.325 e. The van der Waals surface area contributed by atoms with Gasteiger partial charge in [-0.15, -0.1) is 0 Å². The van der Waals surface area contributed by atoms with E-state index in [1.54, 1.807) is 0 Å². The lowest BCUT2D eigenvalue weighted by Gasteiger charge is -2.13. The zero-order chi connectivity index (χ0) is 14.5. The first kappa shape index (κ1) is 13.4. The van der Waals surface area contributed by atoms with E-state index >= 15 is 0 Å². The molecule has 2 aromatic carbocycles. The van der Waals surface area contributed by atoms with Crippen LogP contribution in [0.15, 0.2) is 67.0 Å². The fourth-order valence-electron chi connectivity index (χ4n) is 2.44. The highest BCUT2D eigenvalue weighted by Gasteiger charge is 2.07. The lowest BCUT2D eigenvalue weighted by molar-refractivity contribution is 0.922. The number of benzene rings is 2. The van der Waals surface area contributed by atoms with Crippen LogP contribution in [0.4, 0.5) is 11.6 Å². The van der Waals surface area contributed by atoms with Gasteiger partial charge < -0.3 is 5.32 Å². The van der Waals surface area contributed by atoms with E-state index in [4.69, 9.17) is 0 Å². The average molecular weight is 277 g/mol. The zero-order valence-electron chi connectivity index (χ0n) is 12.2. The molecule has 0 spiro atoms. The van der Waals surface area contributed by atoms with Crippen LogP contribution in [0, 0.1) is 0 Å². The second-order valence-electron chi connectivity index (χ2n) is 4.99. The molecule has 3 heteroatoms. The third-order valence-corrected chi connectivity index (χ3v) is 3.46. The van der Waals surface area contributed by atoms with Crippen LogP contribution in [-0.4, -0.2) is 9.55 Å². The Morgan fingerprint density at radius 1 is 1.00 bits per heavy atom. The molecule has 1 N–H and O–H groups in total. The quantitative estimate of drug-likeness (QED) is 0.740. The van der Waals surface area contributed by atoms with E-state index in [9.17, 15) is 0 Å². The van der Waals surface area contributed by atoms with Crippen LogP contribution in [0.1, 0.15) is 18.9 Å². The Hall–Kier alpha value is -2.55. The third kappa shape index (κ3) is 2.97. The molecule has 0 radical (unpaired) electrons. The molecule has 0 amide bonds. The van der Waals surface area contributed by atoms with E-state index < -0.39 is 0 Å². The van der Waals surface area contributed by atoms with Gasteiger partial charge in [-0.25, -0.2) is 4.98 Å². The van der Waals surface area contributed by atoms with Gasteiger partial charge in [0, 0.05) is 23.8 Å². The molecule has 0 saturated heterocycles. The molecule has 1 heterocycles. The van der Waals surface area contributed by atoms with Crippen LogP contribution in [0.2, 0.25) is 0 Å². The van der Waals surface area contributed by atoms with Crippen LogP contribution in [0.25, 0.3) is 5.69 Å². The molecule has 0 fully saturated rings. The number of imidazole rings is 1. The summed E-state index contributed by atoms with van der Waals surface area (Å²) in [7, 11) is 0. The Morgan fingerprint density at radius 3 is 2.57 bits per heavy atom. The minimum absolute atomic E-state index is 0.838. The van der Waals surface area contributed by atoms with Crippen molar-refractivity contribution in [3.63, 3.8) is 0 Å². The van der Waals surface area contributed by atoms with Gasteiger partial charge in [-0.2, -0.15) is 0 Å². The lowest BCUT2D eigenvalue weighted by Crippen LogP contribution is -2.03. The van der Waals surface area contributed by atoms with Gasteiger partial charge in [0.1, 0.15) is 0 Å². The average Bonchev–Trinajstić information content (AvgIpc) is 2.99. The van der Waals surface area contributed by atoms with Gasteiger partial charge in [0.25, 0.3) is 0 Å². The van der Waals surface area contributed by atoms with Crippen molar-refractivity contribution < 1.29 is 0 Å². The SMILES string of the molecule is CCCc1ccccc1Nc1nccn1-c1ccccc1. The third-order valence-electron chi connectivity index (χ3n) is 3.46. The van der Waals surface area contributed by atoms with Crippen LogP contribution in [0.5, 0.6) is 0 Å². The maximum absolute atomic E-state index is 4.44. The molecule has 3 nitrogen and oxygen atoms in total. The van der Waals surface area contributed by atoms with Gasteiger partial charge >= 0.3 is 0 Å². The highest BCUT2D eigenvalue weighted by atomic mass is 15.2. The number of hydrogen-bond donors (Lipinski definition) is 1. The molecule has 3 rings (SSSR count). The van der Waals surface area contributed by atoms with Crippen molar-refractivity contribution >= 4 is 11.6 Å². The molecule has 0 atom stereocenters. The lowest BCUT2D eigenvalue weighted by atomic mass is 10.1.